The Kier molecular flexibility index (Phi) is 5.11. The number of esters is 1. The minimum atomic E-state index is -1.50. The predicted octanol–water partition coefficient (Wildman–Crippen LogP) is 6.16. The molecule has 0 amide bonds. The minimum absolute atomic E-state index is 0.208. The number of carbonyl (C=O) groups excluding carboxylic acids is 1. The van der Waals surface area contributed by atoms with Crippen molar-refractivity contribution < 1.29 is 9.53 Å². The summed E-state index contributed by atoms with van der Waals surface area (Å²) in [6, 6.07) is 15.2. The number of benzene rings is 2. The molecular formula is C21H18Cl3NO2. The SMILES string of the molecule is O=C(OCc1ccccc1)C1CCCc2[nH]c3ccc(C(Cl)(Cl)Cl)cc3c21. The monoisotopic (exact) mass is 421 g/mol. The van der Waals surface area contributed by atoms with Gasteiger partial charge in [0.15, 0.2) is 0 Å². The number of carbonyl (C=O) groups is 1. The van der Waals surface area contributed by atoms with Crippen LogP contribution >= 0.6 is 34.8 Å². The van der Waals surface area contributed by atoms with Crippen LogP contribution in [0.1, 0.15) is 41.1 Å². The molecule has 0 saturated heterocycles. The van der Waals surface area contributed by atoms with Gasteiger partial charge in [-0.2, -0.15) is 0 Å². The Morgan fingerprint density at radius 3 is 2.67 bits per heavy atom. The van der Waals surface area contributed by atoms with Crippen LogP contribution in [0.2, 0.25) is 0 Å². The standard InChI is InChI=1S/C21H18Cl3NO2/c22-21(23,24)14-9-10-17-16(11-14)19-15(7-4-8-18(19)25-17)20(26)27-12-13-5-2-1-3-6-13/h1-3,5-6,9-11,15,25H,4,7-8,12H2. The molecule has 1 heterocycles. The summed E-state index contributed by atoms with van der Waals surface area (Å²) in [5, 5.41) is 0.926. The lowest BCUT2D eigenvalue weighted by Gasteiger charge is -2.22. The second-order valence-corrected chi connectivity index (χ2v) is 9.09. The highest BCUT2D eigenvalue weighted by atomic mass is 35.6. The van der Waals surface area contributed by atoms with E-state index in [2.05, 4.69) is 4.98 Å². The van der Waals surface area contributed by atoms with Crippen molar-refractivity contribution in [1.29, 1.82) is 0 Å². The third-order valence-electron chi connectivity index (χ3n) is 5.02. The maximum absolute atomic E-state index is 12.8. The highest BCUT2D eigenvalue weighted by Gasteiger charge is 2.32. The van der Waals surface area contributed by atoms with Crippen LogP contribution in [0, 0.1) is 0 Å². The van der Waals surface area contributed by atoms with Gasteiger partial charge in [-0.05, 0) is 42.5 Å². The Hall–Kier alpha value is -1.68. The van der Waals surface area contributed by atoms with Gasteiger partial charge in [-0.15, -0.1) is 0 Å². The van der Waals surface area contributed by atoms with Crippen molar-refractivity contribution in [2.75, 3.05) is 0 Å². The van der Waals surface area contributed by atoms with E-state index >= 15 is 0 Å². The van der Waals surface area contributed by atoms with Crippen molar-refractivity contribution in [3.8, 4) is 0 Å². The zero-order chi connectivity index (χ0) is 19.0. The average molecular weight is 423 g/mol. The number of halogens is 3. The normalized spacial score (nSPS) is 16.9. The van der Waals surface area contributed by atoms with Crippen molar-refractivity contribution >= 4 is 51.7 Å². The molecular weight excluding hydrogens is 405 g/mol. The van der Waals surface area contributed by atoms with E-state index in [9.17, 15) is 4.79 Å². The topological polar surface area (TPSA) is 42.1 Å². The molecule has 1 aliphatic carbocycles. The summed E-state index contributed by atoms with van der Waals surface area (Å²) in [6.45, 7) is 0.271. The van der Waals surface area contributed by atoms with Crippen molar-refractivity contribution in [2.24, 2.45) is 0 Å². The lowest BCUT2D eigenvalue weighted by Crippen LogP contribution is -2.20. The van der Waals surface area contributed by atoms with Crippen LogP contribution in [0.5, 0.6) is 0 Å². The van der Waals surface area contributed by atoms with E-state index in [4.69, 9.17) is 39.5 Å². The van der Waals surface area contributed by atoms with Crippen LogP contribution in [-0.2, 0) is 26.4 Å². The summed E-state index contributed by atoms with van der Waals surface area (Å²) in [5.41, 5.74) is 4.55. The molecule has 1 unspecified atom stereocenters. The van der Waals surface area contributed by atoms with Gasteiger partial charge in [0, 0.05) is 22.2 Å². The molecule has 0 spiro atoms. The average Bonchev–Trinajstić information content (AvgIpc) is 3.04. The van der Waals surface area contributed by atoms with E-state index in [0.29, 0.717) is 5.56 Å². The molecule has 1 aliphatic rings. The highest BCUT2D eigenvalue weighted by Crippen LogP contribution is 2.43. The van der Waals surface area contributed by atoms with E-state index in [1.807, 2.05) is 42.5 Å². The number of hydrogen-bond donors (Lipinski definition) is 1. The second-order valence-electron chi connectivity index (χ2n) is 6.81. The zero-order valence-electron chi connectivity index (χ0n) is 14.5. The molecule has 3 nitrogen and oxygen atoms in total. The summed E-state index contributed by atoms with van der Waals surface area (Å²) >= 11 is 18.2. The summed E-state index contributed by atoms with van der Waals surface area (Å²) in [5.74, 6) is -0.517. The van der Waals surface area contributed by atoms with Gasteiger partial charge in [0.2, 0.25) is 3.79 Å². The fraction of sp³-hybridized carbons (Fsp3) is 0.286. The number of fused-ring (bicyclic) bond motifs is 3. The molecule has 1 atom stereocenters. The number of H-pyrrole nitrogens is 1. The highest BCUT2D eigenvalue weighted by molar-refractivity contribution is 6.66. The maximum Gasteiger partial charge on any atom is 0.313 e. The van der Waals surface area contributed by atoms with Gasteiger partial charge >= 0.3 is 5.97 Å². The van der Waals surface area contributed by atoms with Crippen LogP contribution < -0.4 is 0 Å². The first-order valence-electron chi connectivity index (χ1n) is 8.86. The Labute approximate surface area is 172 Å². The van der Waals surface area contributed by atoms with Crippen LogP contribution in [0.15, 0.2) is 48.5 Å². The molecule has 0 saturated carbocycles. The smallest absolute Gasteiger partial charge is 0.313 e. The van der Waals surface area contributed by atoms with E-state index in [0.717, 1.165) is 47.0 Å². The summed E-state index contributed by atoms with van der Waals surface area (Å²) in [7, 11) is 0. The maximum atomic E-state index is 12.8. The predicted molar refractivity (Wildman–Crippen MR) is 109 cm³/mol. The molecule has 0 bridgehead atoms. The molecule has 0 fully saturated rings. The van der Waals surface area contributed by atoms with Crippen molar-refractivity contribution in [3.05, 3.63) is 70.9 Å². The Morgan fingerprint density at radius 2 is 1.93 bits per heavy atom. The van der Waals surface area contributed by atoms with Crippen LogP contribution in [-0.4, -0.2) is 11.0 Å². The van der Waals surface area contributed by atoms with E-state index in [-0.39, 0.29) is 18.5 Å². The van der Waals surface area contributed by atoms with Crippen molar-refractivity contribution in [2.45, 2.75) is 35.6 Å². The molecule has 1 aromatic heterocycles. The van der Waals surface area contributed by atoms with E-state index in [1.54, 1.807) is 6.07 Å². The van der Waals surface area contributed by atoms with Gasteiger partial charge < -0.3 is 9.72 Å². The van der Waals surface area contributed by atoms with Gasteiger partial charge in [0.05, 0.1) is 5.92 Å². The molecule has 27 heavy (non-hydrogen) atoms. The van der Waals surface area contributed by atoms with Gasteiger partial charge in [-0.1, -0.05) is 71.2 Å². The minimum Gasteiger partial charge on any atom is -0.460 e. The summed E-state index contributed by atoms with van der Waals surface area (Å²) < 4.78 is 4.11. The summed E-state index contributed by atoms with van der Waals surface area (Å²) in [4.78, 5) is 16.3. The largest absolute Gasteiger partial charge is 0.460 e. The molecule has 2 aromatic carbocycles. The van der Waals surface area contributed by atoms with Gasteiger partial charge in [-0.25, -0.2) is 0 Å². The fourth-order valence-corrected chi connectivity index (χ4v) is 4.09. The molecule has 3 aromatic rings. The molecule has 1 N–H and O–H groups in total. The van der Waals surface area contributed by atoms with E-state index < -0.39 is 3.79 Å². The number of aromatic nitrogens is 1. The fourth-order valence-electron chi connectivity index (χ4n) is 3.73. The molecule has 0 aliphatic heterocycles. The Bertz CT molecular complexity index is 976. The van der Waals surface area contributed by atoms with Crippen LogP contribution in [0.4, 0.5) is 0 Å². The Morgan fingerprint density at radius 1 is 1.15 bits per heavy atom. The quantitative estimate of drug-likeness (QED) is 0.406. The first-order chi connectivity index (χ1) is 12.9. The van der Waals surface area contributed by atoms with Crippen LogP contribution in [0.25, 0.3) is 10.9 Å². The molecule has 6 heteroatoms. The Balaban J connectivity index is 1.66. The van der Waals surface area contributed by atoms with Crippen molar-refractivity contribution in [3.63, 3.8) is 0 Å². The number of ether oxygens (including phenoxy) is 1. The lowest BCUT2D eigenvalue weighted by atomic mass is 9.85. The van der Waals surface area contributed by atoms with Crippen LogP contribution in [0.3, 0.4) is 0 Å². The van der Waals surface area contributed by atoms with Gasteiger partial charge in [0.25, 0.3) is 0 Å². The molecule has 0 radical (unpaired) electrons. The number of aromatic amines is 1. The number of rotatable bonds is 3. The number of hydrogen-bond acceptors (Lipinski definition) is 2. The number of alkyl halides is 3. The second kappa shape index (κ2) is 7.38. The van der Waals surface area contributed by atoms with E-state index in [1.165, 1.54) is 0 Å². The number of nitrogens with one attached hydrogen (secondary N) is 1. The van der Waals surface area contributed by atoms with Gasteiger partial charge in [-0.3, -0.25) is 4.79 Å². The molecule has 140 valence electrons. The first-order valence-corrected chi connectivity index (χ1v) is 9.99. The number of aryl methyl sites for hydroxylation is 1. The third kappa shape index (κ3) is 3.82. The van der Waals surface area contributed by atoms with Gasteiger partial charge in [0.1, 0.15) is 6.61 Å². The summed E-state index contributed by atoms with van der Waals surface area (Å²) in [6.07, 6.45) is 2.59. The lowest BCUT2D eigenvalue weighted by molar-refractivity contribution is -0.147. The zero-order valence-corrected chi connectivity index (χ0v) is 16.7. The first kappa shape index (κ1) is 18.7. The third-order valence-corrected chi connectivity index (χ3v) is 5.68. The van der Waals surface area contributed by atoms with Crippen molar-refractivity contribution in [1.82, 2.24) is 4.98 Å². The molecule has 4 rings (SSSR count).